The molecule has 2 heterocycles. The van der Waals surface area contributed by atoms with Gasteiger partial charge in [0.05, 0.1) is 11.0 Å². The average molecular weight is 372 g/mol. The molecule has 8 nitrogen and oxygen atoms in total. The van der Waals surface area contributed by atoms with Gasteiger partial charge < -0.3 is 24.8 Å². The molecule has 1 aliphatic rings. The second kappa shape index (κ2) is 7.46. The minimum absolute atomic E-state index is 0.280. The van der Waals surface area contributed by atoms with E-state index in [9.17, 15) is 4.79 Å². The van der Waals surface area contributed by atoms with E-state index in [1.165, 1.54) is 0 Å². The molecule has 0 aliphatic carbocycles. The lowest BCUT2D eigenvalue weighted by molar-refractivity contribution is 0.0186. The van der Waals surface area contributed by atoms with Gasteiger partial charge in [0.15, 0.2) is 5.96 Å². The molecule has 0 saturated carbocycles. The van der Waals surface area contributed by atoms with Gasteiger partial charge in [-0.25, -0.2) is 14.8 Å². The predicted octanol–water partition coefficient (Wildman–Crippen LogP) is 1.94. The fraction of sp³-hybridized carbons (Fsp3) is 0.526. The molecule has 0 radical (unpaired) electrons. The molecule has 3 rings (SSSR count). The van der Waals surface area contributed by atoms with Crippen molar-refractivity contribution in [3.8, 4) is 0 Å². The lowest BCUT2D eigenvalue weighted by atomic mass is 10.2. The van der Waals surface area contributed by atoms with Gasteiger partial charge in [0.1, 0.15) is 18.0 Å². The molecule has 1 fully saturated rings. The van der Waals surface area contributed by atoms with Crippen LogP contribution in [0.1, 0.15) is 26.6 Å². The second-order valence-corrected chi connectivity index (χ2v) is 7.70. The number of ether oxygens (including phenoxy) is 1. The van der Waals surface area contributed by atoms with Gasteiger partial charge in [-0.1, -0.05) is 12.1 Å². The van der Waals surface area contributed by atoms with Crippen LogP contribution in [0.5, 0.6) is 0 Å². The standard InChI is InChI=1S/C19H28N6O2/c1-19(2,3)27-18(26)25-11-9-24(10-12-25)17(20)21-13-16-22-14-7-5-6-8-15(14)23(16)4/h5-8H,9-13H2,1-4H3,(H2,20,21). The number of aromatic nitrogens is 2. The number of fused-ring (bicyclic) bond motifs is 1. The highest BCUT2D eigenvalue weighted by molar-refractivity contribution is 5.79. The molecule has 1 aliphatic heterocycles. The van der Waals surface area contributed by atoms with E-state index in [4.69, 9.17) is 10.5 Å². The van der Waals surface area contributed by atoms with E-state index in [2.05, 4.69) is 9.98 Å². The number of piperazine rings is 1. The van der Waals surface area contributed by atoms with Gasteiger partial charge in [-0.15, -0.1) is 0 Å². The molecule has 8 heteroatoms. The molecule has 0 spiro atoms. The van der Waals surface area contributed by atoms with E-state index in [0.29, 0.717) is 38.7 Å². The number of aliphatic imine (C=N–C) groups is 1. The molecule has 27 heavy (non-hydrogen) atoms. The summed E-state index contributed by atoms with van der Waals surface area (Å²) in [7, 11) is 1.98. The summed E-state index contributed by atoms with van der Waals surface area (Å²) in [5.41, 5.74) is 7.71. The van der Waals surface area contributed by atoms with Crippen molar-refractivity contribution in [1.29, 1.82) is 0 Å². The molecular weight excluding hydrogens is 344 g/mol. The molecule has 1 aromatic heterocycles. The molecule has 0 unspecified atom stereocenters. The molecule has 146 valence electrons. The zero-order valence-corrected chi connectivity index (χ0v) is 16.5. The van der Waals surface area contributed by atoms with Crippen molar-refractivity contribution < 1.29 is 9.53 Å². The van der Waals surface area contributed by atoms with Gasteiger partial charge in [0, 0.05) is 33.2 Å². The van der Waals surface area contributed by atoms with Gasteiger partial charge in [-0.05, 0) is 32.9 Å². The Kier molecular flexibility index (Phi) is 5.25. The van der Waals surface area contributed by atoms with Crippen LogP contribution in [0.4, 0.5) is 4.79 Å². The molecule has 0 bridgehead atoms. The summed E-state index contributed by atoms with van der Waals surface area (Å²) in [6.07, 6.45) is -0.280. The Hall–Kier alpha value is -2.77. The van der Waals surface area contributed by atoms with Gasteiger partial charge in [0.25, 0.3) is 0 Å². The van der Waals surface area contributed by atoms with Crippen LogP contribution < -0.4 is 5.73 Å². The Morgan fingerprint density at radius 1 is 1.19 bits per heavy atom. The first-order valence-electron chi connectivity index (χ1n) is 9.18. The number of hydrogen-bond donors (Lipinski definition) is 1. The number of hydrogen-bond acceptors (Lipinski definition) is 4. The third-order valence-corrected chi connectivity index (χ3v) is 4.52. The van der Waals surface area contributed by atoms with Gasteiger partial charge >= 0.3 is 6.09 Å². The number of carbonyl (C=O) groups excluding carboxylic acids is 1. The molecular formula is C19H28N6O2. The predicted molar refractivity (Wildman–Crippen MR) is 105 cm³/mol. The largest absolute Gasteiger partial charge is 0.444 e. The summed E-state index contributed by atoms with van der Waals surface area (Å²) in [5, 5.41) is 0. The first-order valence-corrected chi connectivity index (χ1v) is 9.18. The van der Waals surface area contributed by atoms with Crippen molar-refractivity contribution in [3.63, 3.8) is 0 Å². The van der Waals surface area contributed by atoms with Crippen molar-refractivity contribution in [3.05, 3.63) is 30.1 Å². The quantitative estimate of drug-likeness (QED) is 0.643. The van der Waals surface area contributed by atoms with Crippen LogP contribution in [-0.4, -0.2) is 63.2 Å². The van der Waals surface area contributed by atoms with Crippen LogP contribution in [-0.2, 0) is 18.3 Å². The topological polar surface area (TPSA) is 89.0 Å². The maximum absolute atomic E-state index is 12.1. The van der Waals surface area contributed by atoms with Gasteiger partial charge in [-0.2, -0.15) is 0 Å². The Morgan fingerprint density at radius 3 is 2.44 bits per heavy atom. The van der Waals surface area contributed by atoms with E-state index in [-0.39, 0.29) is 6.09 Å². The van der Waals surface area contributed by atoms with Crippen LogP contribution in [0.2, 0.25) is 0 Å². The van der Waals surface area contributed by atoms with Crippen molar-refractivity contribution in [2.24, 2.45) is 17.8 Å². The summed E-state index contributed by atoms with van der Waals surface area (Å²) in [4.78, 5) is 25.0. The summed E-state index contributed by atoms with van der Waals surface area (Å²) in [5.74, 6) is 1.34. The number of aryl methyl sites for hydroxylation is 1. The molecule has 2 aromatic rings. The maximum Gasteiger partial charge on any atom is 0.410 e. The van der Waals surface area contributed by atoms with Crippen LogP contribution in [0.15, 0.2) is 29.3 Å². The van der Waals surface area contributed by atoms with E-state index in [1.54, 1.807) is 4.90 Å². The lowest BCUT2D eigenvalue weighted by Gasteiger charge is -2.36. The van der Waals surface area contributed by atoms with Crippen LogP contribution in [0.3, 0.4) is 0 Å². The normalized spacial score (nSPS) is 16.1. The zero-order chi connectivity index (χ0) is 19.6. The van der Waals surface area contributed by atoms with E-state index in [1.807, 2.05) is 61.6 Å². The Labute approximate surface area is 159 Å². The number of guanidine groups is 1. The zero-order valence-electron chi connectivity index (χ0n) is 16.5. The second-order valence-electron chi connectivity index (χ2n) is 7.70. The Morgan fingerprint density at radius 2 is 1.81 bits per heavy atom. The number of imidazole rings is 1. The summed E-state index contributed by atoms with van der Waals surface area (Å²) in [6, 6.07) is 7.99. The van der Waals surface area contributed by atoms with Gasteiger partial charge in [0.2, 0.25) is 0 Å². The first kappa shape index (κ1) is 19.0. The van der Waals surface area contributed by atoms with Crippen LogP contribution in [0, 0.1) is 0 Å². The molecule has 1 saturated heterocycles. The van der Waals surface area contributed by atoms with Crippen LogP contribution in [0.25, 0.3) is 11.0 Å². The number of carbonyl (C=O) groups is 1. The molecule has 1 amide bonds. The number of para-hydroxylation sites is 2. The Balaban J connectivity index is 1.58. The fourth-order valence-electron chi connectivity index (χ4n) is 3.03. The van der Waals surface area contributed by atoms with E-state index >= 15 is 0 Å². The highest BCUT2D eigenvalue weighted by atomic mass is 16.6. The average Bonchev–Trinajstić information content (AvgIpc) is 2.95. The SMILES string of the molecule is Cn1c(CN=C(N)N2CCN(C(=O)OC(C)(C)C)CC2)nc2ccccc21. The van der Waals surface area contributed by atoms with Crippen molar-refractivity contribution in [2.75, 3.05) is 26.2 Å². The monoisotopic (exact) mass is 372 g/mol. The maximum atomic E-state index is 12.1. The smallest absolute Gasteiger partial charge is 0.410 e. The first-order chi connectivity index (χ1) is 12.7. The van der Waals surface area contributed by atoms with Crippen molar-refractivity contribution in [1.82, 2.24) is 19.4 Å². The third-order valence-electron chi connectivity index (χ3n) is 4.52. The minimum Gasteiger partial charge on any atom is -0.444 e. The molecule has 1 aromatic carbocycles. The number of rotatable bonds is 2. The van der Waals surface area contributed by atoms with E-state index < -0.39 is 5.60 Å². The van der Waals surface area contributed by atoms with E-state index in [0.717, 1.165) is 16.9 Å². The summed E-state index contributed by atoms with van der Waals surface area (Å²) < 4.78 is 7.45. The highest BCUT2D eigenvalue weighted by Gasteiger charge is 2.26. The Bertz CT molecular complexity index is 843. The van der Waals surface area contributed by atoms with Crippen molar-refractivity contribution >= 4 is 23.1 Å². The number of nitrogens with two attached hydrogens (primary N) is 1. The number of amides is 1. The minimum atomic E-state index is -0.486. The molecule has 2 N–H and O–H groups in total. The van der Waals surface area contributed by atoms with Gasteiger partial charge in [-0.3, -0.25) is 0 Å². The summed E-state index contributed by atoms with van der Waals surface area (Å²) >= 11 is 0. The fourth-order valence-corrected chi connectivity index (χ4v) is 3.03. The molecule has 0 atom stereocenters. The third kappa shape index (κ3) is 4.50. The van der Waals surface area contributed by atoms with Crippen molar-refractivity contribution in [2.45, 2.75) is 32.9 Å². The van der Waals surface area contributed by atoms with Crippen LogP contribution >= 0.6 is 0 Å². The summed E-state index contributed by atoms with van der Waals surface area (Å²) in [6.45, 7) is 8.43. The highest BCUT2D eigenvalue weighted by Crippen LogP contribution is 2.15. The lowest BCUT2D eigenvalue weighted by Crippen LogP contribution is -2.53. The number of nitrogens with zero attached hydrogens (tertiary/aromatic N) is 5. The number of benzene rings is 1.